The molecular weight excluding hydrogens is 490 g/mol. The molecule has 0 aromatic carbocycles. The van der Waals surface area contributed by atoms with E-state index in [4.69, 9.17) is 4.98 Å². The lowest BCUT2D eigenvalue weighted by atomic mass is 10.1. The zero-order valence-corrected chi connectivity index (χ0v) is 22.7. The highest BCUT2D eigenvalue weighted by Gasteiger charge is 2.25. The number of piperidine rings is 1. The second-order valence-electron chi connectivity index (χ2n) is 10.3. The van der Waals surface area contributed by atoms with Crippen LogP contribution >= 0.6 is 0 Å². The molecule has 0 spiro atoms. The Morgan fingerprint density at radius 3 is 2.51 bits per heavy atom. The second kappa shape index (κ2) is 10.5. The Morgan fingerprint density at radius 2 is 1.89 bits per heavy atom. The molecular formula is C25H33N9O2S. The van der Waals surface area contributed by atoms with Crippen LogP contribution in [-0.2, 0) is 16.6 Å². The fourth-order valence-electron chi connectivity index (χ4n) is 4.15. The van der Waals surface area contributed by atoms with Crippen molar-refractivity contribution in [3.63, 3.8) is 0 Å². The molecule has 0 bridgehead atoms. The van der Waals surface area contributed by atoms with Gasteiger partial charge in [-0.05, 0) is 52.7 Å². The van der Waals surface area contributed by atoms with E-state index >= 15 is 0 Å². The third-order valence-corrected chi connectivity index (χ3v) is 7.49. The highest BCUT2D eigenvalue weighted by molar-refractivity contribution is 7.88. The molecule has 12 heteroatoms. The van der Waals surface area contributed by atoms with Gasteiger partial charge in [0, 0.05) is 43.0 Å². The Kier molecular flexibility index (Phi) is 7.59. The van der Waals surface area contributed by atoms with Crippen molar-refractivity contribution in [1.82, 2.24) is 34.4 Å². The number of hydrogen-bond acceptors (Lipinski definition) is 9. The summed E-state index contributed by atoms with van der Waals surface area (Å²) in [5.41, 5.74) is 4.15. The van der Waals surface area contributed by atoms with Gasteiger partial charge in [-0.25, -0.2) is 27.4 Å². The van der Waals surface area contributed by atoms with Crippen LogP contribution in [0.3, 0.4) is 0 Å². The van der Waals surface area contributed by atoms with Gasteiger partial charge in [0.25, 0.3) is 0 Å². The maximum atomic E-state index is 11.8. The second-order valence-corrected chi connectivity index (χ2v) is 12.3. The predicted octanol–water partition coefficient (Wildman–Crippen LogP) is 2.63. The van der Waals surface area contributed by atoms with Crippen LogP contribution in [0, 0.1) is 18.3 Å². The van der Waals surface area contributed by atoms with Gasteiger partial charge in [-0.2, -0.15) is 10.4 Å². The van der Waals surface area contributed by atoms with E-state index in [1.807, 2.05) is 25.3 Å². The SMILES string of the molecule is Cc1nc(CNC(C)(C)C)ccc1-n1cc(-c2nc(NC3CCN(S(C)(=O)=O)CC3)ncc2C#N)cn1. The summed E-state index contributed by atoms with van der Waals surface area (Å²) >= 11 is 0. The van der Waals surface area contributed by atoms with E-state index in [0.717, 1.165) is 17.1 Å². The quantitative estimate of drug-likeness (QED) is 0.478. The van der Waals surface area contributed by atoms with Crippen LogP contribution in [0.5, 0.6) is 0 Å². The van der Waals surface area contributed by atoms with E-state index in [9.17, 15) is 13.7 Å². The molecule has 1 aliphatic heterocycles. The van der Waals surface area contributed by atoms with Gasteiger partial charge in [0.15, 0.2) is 0 Å². The van der Waals surface area contributed by atoms with Crippen molar-refractivity contribution < 1.29 is 8.42 Å². The standard InChI is InChI=1S/C25H33N9O2S/c1-17-22(7-6-21(30-17)15-28-25(2,3)4)34-16-19(14-29-34)23-18(12-26)13-27-24(32-23)31-20-8-10-33(11-9-20)37(5,35)36/h6-7,13-14,16,20,28H,8-11,15H2,1-5H3,(H,27,31,32). The molecule has 3 aromatic rings. The molecule has 4 heterocycles. The number of aromatic nitrogens is 5. The van der Waals surface area contributed by atoms with Crippen molar-refractivity contribution in [2.24, 2.45) is 0 Å². The maximum Gasteiger partial charge on any atom is 0.223 e. The molecule has 0 unspecified atom stereocenters. The van der Waals surface area contributed by atoms with E-state index in [0.29, 0.717) is 55.2 Å². The fourth-order valence-corrected chi connectivity index (χ4v) is 5.02. The van der Waals surface area contributed by atoms with Crippen LogP contribution in [-0.4, -0.2) is 68.4 Å². The molecule has 0 atom stereocenters. The third-order valence-electron chi connectivity index (χ3n) is 6.18. The van der Waals surface area contributed by atoms with E-state index in [1.54, 1.807) is 10.9 Å². The molecule has 0 radical (unpaired) electrons. The molecule has 0 saturated carbocycles. The van der Waals surface area contributed by atoms with Crippen LogP contribution in [0.25, 0.3) is 16.9 Å². The molecule has 4 rings (SSSR count). The minimum atomic E-state index is -3.19. The monoisotopic (exact) mass is 523 g/mol. The summed E-state index contributed by atoms with van der Waals surface area (Å²) < 4.78 is 26.7. The first-order valence-electron chi connectivity index (χ1n) is 12.2. The first kappa shape index (κ1) is 26.7. The minimum Gasteiger partial charge on any atom is -0.351 e. The van der Waals surface area contributed by atoms with Crippen LogP contribution in [0.4, 0.5) is 5.95 Å². The van der Waals surface area contributed by atoms with Crippen LogP contribution in [0.2, 0.25) is 0 Å². The Balaban J connectivity index is 1.51. The zero-order valence-electron chi connectivity index (χ0n) is 21.9. The van der Waals surface area contributed by atoms with Gasteiger partial charge >= 0.3 is 0 Å². The highest BCUT2D eigenvalue weighted by atomic mass is 32.2. The Bertz CT molecular complexity index is 1410. The molecule has 1 fully saturated rings. The van der Waals surface area contributed by atoms with Crippen molar-refractivity contribution in [1.29, 1.82) is 5.26 Å². The third kappa shape index (κ3) is 6.68. The normalized spacial score (nSPS) is 15.5. The first-order valence-corrected chi connectivity index (χ1v) is 14.0. The van der Waals surface area contributed by atoms with Gasteiger partial charge in [-0.15, -0.1) is 0 Å². The molecule has 3 aromatic heterocycles. The molecule has 0 amide bonds. The van der Waals surface area contributed by atoms with Crippen molar-refractivity contribution in [3.05, 3.63) is 47.7 Å². The van der Waals surface area contributed by atoms with Gasteiger partial charge in [-0.1, -0.05) is 0 Å². The minimum absolute atomic E-state index is 0.00231. The summed E-state index contributed by atoms with van der Waals surface area (Å²) in [5, 5.41) is 20.9. The summed E-state index contributed by atoms with van der Waals surface area (Å²) in [6.07, 6.45) is 7.53. The number of aryl methyl sites for hydroxylation is 1. The first-order chi connectivity index (χ1) is 17.4. The maximum absolute atomic E-state index is 11.8. The van der Waals surface area contributed by atoms with Gasteiger partial charge in [0.1, 0.15) is 6.07 Å². The number of pyridine rings is 1. The molecule has 2 N–H and O–H groups in total. The molecule has 196 valence electrons. The average Bonchev–Trinajstić information content (AvgIpc) is 3.32. The number of nitrogens with zero attached hydrogens (tertiary/aromatic N) is 7. The molecule has 1 saturated heterocycles. The Hall–Kier alpha value is -3.40. The topological polar surface area (TPSA) is 142 Å². The number of nitriles is 1. The lowest BCUT2D eigenvalue weighted by molar-refractivity contribution is 0.331. The summed E-state index contributed by atoms with van der Waals surface area (Å²) in [6.45, 7) is 9.86. The summed E-state index contributed by atoms with van der Waals surface area (Å²) in [4.78, 5) is 13.6. The van der Waals surface area contributed by atoms with Gasteiger partial charge in [0.05, 0.1) is 47.0 Å². The Labute approximate surface area is 218 Å². The van der Waals surface area contributed by atoms with Crippen molar-refractivity contribution in [2.75, 3.05) is 24.7 Å². The van der Waals surface area contributed by atoms with Crippen LogP contribution < -0.4 is 10.6 Å². The Morgan fingerprint density at radius 1 is 1.16 bits per heavy atom. The predicted molar refractivity (Wildman–Crippen MR) is 141 cm³/mol. The zero-order chi connectivity index (χ0) is 26.8. The fraction of sp³-hybridized carbons (Fsp3) is 0.480. The summed E-state index contributed by atoms with van der Waals surface area (Å²) in [5.74, 6) is 0.396. The highest BCUT2D eigenvalue weighted by Crippen LogP contribution is 2.25. The van der Waals surface area contributed by atoms with Crippen molar-refractivity contribution >= 4 is 16.0 Å². The molecule has 11 nitrogen and oxygen atoms in total. The number of anilines is 1. The van der Waals surface area contributed by atoms with E-state index in [-0.39, 0.29) is 11.6 Å². The smallest absolute Gasteiger partial charge is 0.223 e. The van der Waals surface area contributed by atoms with E-state index in [2.05, 4.69) is 52.5 Å². The van der Waals surface area contributed by atoms with Gasteiger partial charge in [0.2, 0.25) is 16.0 Å². The van der Waals surface area contributed by atoms with Gasteiger partial charge < -0.3 is 10.6 Å². The molecule has 37 heavy (non-hydrogen) atoms. The largest absolute Gasteiger partial charge is 0.351 e. The lowest BCUT2D eigenvalue weighted by Crippen LogP contribution is -2.42. The van der Waals surface area contributed by atoms with Crippen molar-refractivity contribution in [2.45, 2.75) is 58.7 Å². The molecule has 1 aliphatic rings. The average molecular weight is 524 g/mol. The number of rotatable bonds is 7. The summed E-state index contributed by atoms with van der Waals surface area (Å²) in [6, 6.07) is 6.16. The number of sulfonamides is 1. The van der Waals surface area contributed by atoms with Crippen LogP contribution in [0.1, 0.15) is 50.6 Å². The van der Waals surface area contributed by atoms with E-state index in [1.165, 1.54) is 16.8 Å². The number of hydrogen-bond donors (Lipinski definition) is 2. The van der Waals surface area contributed by atoms with Crippen molar-refractivity contribution in [3.8, 4) is 23.0 Å². The lowest BCUT2D eigenvalue weighted by Gasteiger charge is -2.30. The van der Waals surface area contributed by atoms with E-state index < -0.39 is 10.0 Å². The summed E-state index contributed by atoms with van der Waals surface area (Å²) in [7, 11) is -3.19. The van der Waals surface area contributed by atoms with Gasteiger partial charge in [-0.3, -0.25) is 4.98 Å². The van der Waals surface area contributed by atoms with Crippen LogP contribution in [0.15, 0.2) is 30.7 Å². The molecule has 0 aliphatic carbocycles. The number of nitrogens with one attached hydrogen (secondary N) is 2.